The van der Waals surface area contributed by atoms with E-state index in [1.807, 2.05) is 12.1 Å². The second-order valence-electron chi connectivity index (χ2n) is 4.68. The number of anilines is 1. The van der Waals surface area contributed by atoms with Gasteiger partial charge in [0.2, 0.25) is 5.91 Å². The maximum absolute atomic E-state index is 11.9. The summed E-state index contributed by atoms with van der Waals surface area (Å²) in [6.45, 7) is 0. The molecule has 0 saturated carbocycles. The van der Waals surface area contributed by atoms with Crippen molar-refractivity contribution < 1.29 is 14.7 Å². The number of nitrogens with one attached hydrogen (secondary N) is 1. The third-order valence-corrected chi connectivity index (χ3v) is 3.57. The van der Waals surface area contributed by atoms with E-state index in [4.69, 9.17) is 28.3 Å². The summed E-state index contributed by atoms with van der Waals surface area (Å²) in [5.74, 6) is -1.35. The van der Waals surface area contributed by atoms with Crippen molar-refractivity contribution in [3.05, 3.63) is 63.6 Å². The fraction of sp³-hybridized carbons (Fsp3) is 0.125. The molecule has 2 N–H and O–H groups in total. The van der Waals surface area contributed by atoms with Gasteiger partial charge in [-0.3, -0.25) is 4.79 Å². The molecule has 4 nitrogen and oxygen atoms in total. The van der Waals surface area contributed by atoms with Gasteiger partial charge in [0.25, 0.3) is 0 Å². The minimum absolute atomic E-state index is 0.0469. The second-order valence-corrected chi connectivity index (χ2v) is 5.52. The number of aromatic carboxylic acids is 1. The highest BCUT2D eigenvalue weighted by molar-refractivity contribution is 6.33. The van der Waals surface area contributed by atoms with Crippen LogP contribution in [0.4, 0.5) is 5.69 Å². The van der Waals surface area contributed by atoms with E-state index in [1.54, 1.807) is 18.2 Å². The van der Waals surface area contributed by atoms with E-state index in [9.17, 15) is 9.59 Å². The predicted octanol–water partition coefficient (Wildman–Crippen LogP) is 4.26. The van der Waals surface area contributed by atoms with Crippen LogP contribution in [-0.4, -0.2) is 17.0 Å². The Kier molecular flexibility index (Phi) is 5.41. The molecule has 0 aliphatic heterocycles. The largest absolute Gasteiger partial charge is 0.478 e. The van der Waals surface area contributed by atoms with E-state index >= 15 is 0 Å². The number of hydrogen-bond acceptors (Lipinski definition) is 2. The average Bonchev–Trinajstić information content (AvgIpc) is 2.47. The monoisotopic (exact) mass is 337 g/mol. The lowest BCUT2D eigenvalue weighted by atomic mass is 10.1. The average molecular weight is 338 g/mol. The highest BCUT2D eigenvalue weighted by Crippen LogP contribution is 2.21. The first-order valence-electron chi connectivity index (χ1n) is 6.53. The van der Waals surface area contributed by atoms with Crippen LogP contribution in [-0.2, 0) is 11.2 Å². The molecule has 114 valence electrons. The van der Waals surface area contributed by atoms with Gasteiger partial charge >= 0.3 is 5.97 Å². The van der Waals surface area contributed by atoms with Gasteiger partial charge in [0, 0.05) is 17.1 Å². The summed E-state index contributed by atoms with van der Waals surface area (Å²) in [5.41, 5.74) is 1.32. The number of aryl methyl sites for hydroxylation is 1. The van der Waals surface area contributed by atoms with Crippen LogP contribution < -0.4 is 5.32 Å². The van der Waals surface area contributed by atoms with E-state index < -0.39 is 5.97 Å². The van der Waals surface area contributed by atoms with Crippen molar-refractivity contribution in [2.24, 2.45) is 0 Å². The first-order valence-corrected chi connectivity index (χ1v) is 7.28. The highest BCUT2D eigenvalue weighted by Gasteiger charge is 2.11. The Bertz CT molecular complexity index is 716. The van der Waals surface area contributed by atoms with E-state index in [2.05, 4.69) is 5.32 Å². The lowest BCUT2D eigenvalue weighted by molar-refractivity contribution is -0.116. The molecule has 0 aliphatic rings. The number of carboxylic acids is 1. The summed E-state index contributed by atoms with van der Waals surface area (Å²) in [6.07, 6.45) is 0.817. The first kappa shape index (κ1) is 16.3. The van der Waals surface area contributed by atoms with Crippen LogP contribution >= 0.6 is 23.2 Å². The van der Waals surface area contributed by atoms with Gasteiger partial charge in [-0.2, -0.15) is 0 Å². The number of benzene rings is 2. The molecule has 0 bridgehead atoms. The summed E-state index contributed by atoms with van der Waals surface area (Å²) in [4.78, 5) is 22.9. The van der Waals surface area contributed by atoms with Gasteiger partial charge in [0.1, 0.15) is 0 Å². The molecule has 6 heteroatoms. The maximum Gasteiger partial charge on any atom is 0.337 e. The van der Waals surface area contributed by atoms with Crippen molar-refractivity contribution in [1.82, 2.24) is 0 Å². The van der Waals surface area contributed by atoms with Crippen LogP contribution in [0.15, 0.2) is 42.5 Å². The summed E-state index contributed by atoms with van der Waals surface area (Å²) >= 11 is 11.7. The zero-order chi connectivity index (χ0) is 16.1. The van der Waals surface area contributed by atoms with Crippen LogP contribution in [0.1, 0.15) is 22.3 Å². The molecule has 0 spiro atoms. The number of halogens is 2. The van der Waals surface area contributed by atoms with Crippen molar-refractivity contribution in [1.29, 1.82) is 0 Å². The van der Waals surface area contributed by atoms with E-state index in [0.717, 1.165) is 5.56 Å². The molecule has 0 saturated heterocycles. The van der Waals surface area contributed by atoms with Crippen molar-refractivity contribution in [3.63, 3.8) is 0 Å². The summed E-state index contributed by atoms with van der Waals surface area (Å²) in [7, 11) is 0. The molecule has 2 rings (SSSR count). The molecule has 1 amide bonds. The van der Waals surface area contributed by atoms with Crippen LogP contribution in [0, 0.1) is 0 Å². The molecule has 0 heterocycles. The van der Waals surface area contributed by atoms with Gasteiger partial charge < -0.3 is 10.4 Å². The van der Waals surface area contributed by atoms with Crippen molar-refractivity contribution in [3.8, 4) is 0 Å². The topological polar surface area (TPSA) is 66.4 Å². The number of carboxylic acid groups (broad SMARTS) is 1. The summed E-state index contributed by atoms with van der Waals surface area (Å²) in [6, 6.07) is 11.6. The maximum atomic E-state index is 11.9. The zero-order valence-corrected chi connectivity index (χ0v) is 13.0. The van der Waals surface area contributed by atoms with Crippen LogP contribution in [0.2, 0.25) is 10.0 Å². The van der Waals surface area contributed by atoms with E-state index in [0.29, 0.717) is 17.1 Å². The van der Waals surface area contributed by atoms with Gasteiger partial charge in [-0.15, -0.1) is 0 Å². The Morgan fingerprint density at radius 1 is 1.09 bits per heavy atom. The molecule has 0 radical (unpaired) electrons. The lowest BCUT2D eigenvalue weighted by Crippen LogP contribution is -2.13. The van der Waals surface area contributed by atoms with E-state index in [-0.39, 0.29) is 22.9 Å². The molecule has 2 aromatic rings. The van der Waals surface area contributed by atoms with E-state index in [1.165, 1.54) is 12.1 Å². The Hall–Kier alpha value is -2.04. The van der Waals surface area contributed by atoms with Crippen molar-refractivity contribution in [2.45, 2.75) is 12.8 Å². The van der Waals surface area contributed by atoms with Gasteiger partial charge in [0.15, 0.2) is 0 Å². The zero-order valence-electron chi connectivity index (χ0n) is 11.5. The summed E-state index contributed by atoms with van der Waals surface area (Å²) < 4.78 is 0. The fourth-order valence-electron chi connectivity index (χ4n) is 1.94. The molecule has 0 aliphatic carbocycles. The van der Waals surface area contributed by atoms with Crippen molar-refractivity contribution in [2.75, 3.05) is 5.32 Å². The molecule has 0 aromatic heterocycles. The second kappa shape index (κ2) is 7.29. The lowest BCUT2D eigenvalue weighted by Gasteiger charge is -2.07. The van der Waals surface area contributed by atoms with Gasteiger partial charge in [-0.25, -0.2) is 4.79 Å². The van der Waals surface area contributed by atoms with Gasteiger partial charge in [-0.05, 0) is 42.3 Å². The molecule has 0 unspecified atom stereocenters. The molecule has 0 atom stereocenters. The first-order chi connectivity index (χ1) is 10.5. The predicted molar refractivity (Wildman–Crippen MR) is 86.8 cm³/mol. The Labute approximate surface area is 137 Å². The van der Waals surface area contributed by atoms with Gasteiger partial charge in [-0.1, -0.05) is 35.3 Å². The Morgan fingerprint density at radius 2 is 1.86 bits per heavy atom. The van der Waals surface area contributed by atoms with Crippen molar-refractivity contribution >= 4 is 40.8 Å². The molecule has 0 fully saturated rings. The Balaban J connectivity index is 1.97. The number of amides is 1. The smallest absolute Gasteiger partial charge is 0.337 e. The molecule has 2 aromatic carbocycles. The fourth-order valence-corrected chi connectivity index (χ4v) is 2.35. The van der Waals surface area contributed by atoms with Crippen LogP contribution in [0.25, 0.3) is 0 Å². The normalized spacial score (nSPS) is 10.3. The quantitative estimate of drug-likeness (QED) is 0.856. The number of carbonyl (C=O) groups excluding carboxylic acids is 1. The highest BCUT2D eigenvalue weighted by atomic mass is 35.5. The number of rotatable bonds is 5. The standard InChI is InChI=1S/C16H13Cl2NO3/c17-11-3-1-2-10(8-11)4-7-15(20)19-12-5-6-14(18)13(9-12)16(21)22/h1-3,5-6,8-9H,4,7H2,(H,19,20)(H,21,22). The molecular weight excluding hydrogens is 325 g/mol. The van der Waals surface area contributed by atoms with Crippen LogP contribution in [0.3, 0.4) is 0 Å². The SMILES string of the molecule is O=C(CCc1cccc(Cl)c1)Nc1ccc(Cl)c(C(=O)O)c1. The molecular formula is C16H13Cl2NO3. The number of hydrogen-bond donors (Lipinski definition) is 2. The van der Waals surface area contributed by atoms with Crippen LogP contribution in [0.5, 0.6) is 0 Å². The minimum atomic E-state index is -1.14. The third-order valence-electron chi connectivity index (χ3n) is 3.01. The minimum Gasteiger partial charge on any atom is -0.478 e. The molecule has 22 heavy (non-hydrogen) atoms. The van der Waals surface area contributed by atoms with Gasteiger partial charge in [0.05, 0.1) is 10.6 Å². The summed E-state index contributed by atoms with van der Waals surface area (Å²) in [5, 5.41) is 12.4. The third kappa shape index (κ3) is 4.48. The number of carbonyl (C=O) groups is 2. The Morgan fingerprint density at radius 3 is 2.55 bits per heavy atom.